The van der Waals surface area contributed by atoms with E-state index in [1.54, 1.807) is 12.1 Å². The van der Waals surface area contributed by atoms with Crippen LogP contribution >= 0.6 is 0 Å². The summed E-state index contributed by atoms with van der Waals surface area (Å²) < 4.78 is 41.2. The molecular weight excluding hydrogens is 239 g/mol. The van der Waals surface area contributed by atoms with E-state index in [0.29, 0.717) is 5.56 Å². The molecular formula is C14H16F3N. The maximum atomic E-state index is 14.1. The zero-order chi connectivity index (χ0) is 12.8. The summed E-state index contributed by atoms with van der Waals surface area (Å²) in [5.41, 5.74) is 0.659. The normalized spacial score (nSPS) is 33.6. The Morgan fingerprint density at radius 3 is 2.89 bits per heavy atom. The van der Waals surface area contributed by atoms with Crippen LogP contribution in [0.15, 0.2) is 24.3 Å². The van der Waals surface area contributed by atoms with Crippen molar-refractivity contribution in [2.75, 3.05) is 0 Å². The van der Waals surface area contributed by atoms with E-state index >= 15 is 0 Å². The second-order valence-electron chi connectivity index (χ2n) is 5.45. The van der Waals surface area contributed by atoms with E-state index in [0.717, 1.165) is 12.8 Å². The smallest absolute Gasteiger partial charge is 0.254 e. The predicted molar refractivity (Wildman–Crippen MR) is 63.1 cm³/mol. The lowest BCUT2D eigenvalue weighted by Gasteiger charge is -2.37. The molecule has 2 aliphatic heterocycles. The molecule has 0 radical (unpaired) electrons. The van der Waals surface area contributed by atoms with Crippen molar-refractivity contribution in [1.82, 2.24) is 5.32 Å². The number of piperidine rings is 1. The quantitative estimate of drug-likeness (QED) is 0.856. The van der Waals surface area contributed by atoms with Crippen LogP contribution < -0.4 is 5.32 Å². The molecule has 2 saturated heterocycles. The lowest BCUT2D eigenvalue weighted by Crippen LogP contribution is -2.52. The fourth-order valence-electron chi connectivity index (χ4n) is 3.31. The van der Waals surface area contributed by atoms with Crippen molar-refractivity contribution in [1.29, 1.82) is 0 Å². The number of halogens is 3. The second-order valence-corrected chi connectivity index (χ2v) is 5.45. The number of hydrogen-bond acceptors (Lipinski definition) is 1. The Morgan fingerprint density at radius 2 is 2.11 bits per heavy atom. The molecule has 2 aliphatic rings. The Morgan fingerprint density at radius 1 is 1.28 bits per heavy atom. The second kappa shape index (κ2) is 4.26. The highest BCUT2D eigenvalue weighted by atomic mass is 19.3. The van der Waals surface area contributed by atoms with Crippen LogP contribution in [0.4, 0.5) is 13.2 Å². The van der Waals surface area contributed by atoms with Crippen LogP contribution in [0.1, 0.15) is 24.8 Å². The van der Waals surface area contributed by atoms with Gasteiger partial charge in [0, 0.05) is 24.4 Å². The van der Waals surface area contributed by atoms with E-state index in [1.165, 1.54) is 12.1 Å². The molecule has 0 saturated carbocycles. The SMILES string of the molecule is Fc1cccc(CC2C3CCC(CC2(F)F)N3)c1. The van der Waals surface area contributed by atoms with Gasteiger partial charge in [0.2, 0.25) is 0 Å². The van der Waals surface area contributed by atoms with Gasteiger partial charge in [-0.3, -0.25) is 0 Å². The standard InChI is InChI=1S/C14H16F3N/c15-10-3-1-2-9(6-10)7-12-13-5-4-11(18-13)8-14(12,16)17/h1-3,6,11-13,18H,4-5,7-8H2. The molecule has 3 unspecified atom stereocenters. The Labute approximate surface area is 104 Å². The molecule has 1 nitrogen and oxygen atoms in total. The van der Waals surface area contributed by atoms with Gasteiger partial charge in [-0.15, -0.1) is 0 Å². The van der Waals surface area contributed by atoms with E-state index < -0.39 is 11.8 Å². The van der Waals surface area contributed by atoms with E-state index in [-0.39, 0.29) is 30.7 Å². The lowest BCUT2D eigenvalue weighted by molar-refractivity contribution is -0.0955. The molecule has 1 aromatic rings. The van der Waals surface area contributed by atoms with Crippen LogP contribution in [0.2, 0.25) is 0 Å². The van der Waals surface area contributed by atoms with Crippen LogP contribution in [0.25, 0.3) is 0 Å². The minimum Gasteiger partial charge on any atom is -0.310 e. The van der Waals surface area contributed by atoms with Crippen molar-refractivity contribution in [3.8, 4) is 0 Å². The number of rotatable bonds is 2. The van der Waals surface area contributed by atoms with Gasteiger partial charge >= 0.3 is 0 Å². The Hall–Kier alpha value is -1.03. The topological polar surface area (TPSA) is 12.0 Å². The van der Waals surface area contributed by atoms with Crippen molar-refractivity contribution < 1.29 is 13.2 Å². The lowest BCUT2D eigenvalue weighted by atomic mass is 9.83. The molecule has 0 aliphatic carbocycles. The molecule has 2 bridgehead atoms. The molecule has 1 aromatic carbocycles. The van der Waals surface area contributed by atoms with Crippen molar-refractivity contribution in [2.45, 2.75) is 43.7 Å². The monoisotopic (exact) mass is 255 g/mol. The van der Waals surface area contributed by atoms with Crippen LogP contribution in [-0.4, -0.2) is 18.0 Å². The molecule has 3 atom stereocenters. The first-order chi connectivity index (χ1) is 8.54. The zero-order valence-corrected chi connectivity index (χ0v) is 10.0. The maximum Gasteiger partial charge on any atom is 0.254 e. The molecule has 18 heavy (non-hydrogen) atoms. The molecule has 2 fully saturated rings. The van der Waals surface area contributed by atoms with Crippen LogP contribution in [-0.2, 0) is 6.42 Å². The van der Waals surface area contributed by atoms with Crippen molar-refractivity contribution in [2.24, 2.45) is 5.92 Å². The third kappa shape index (κ3) is 2.14. The summed E-state index contributed by atoms with van der Waals surface area (Å²) in [6, 6.07) is 5.84. The fraction of sp³-hybridized carbons (Fsp3) is 0.571. The predicted octanol–water partition coefficient (Wildman–Crippen LogP) is 3.14. The number of hydrogen-bond donors (Lipinski definition) is 1. The van der Waals surface area contributed by atoms with E-state index in [1.807, 2.05) is 0 Å². The first-order valence-corrected chi connectivity index (χ1v) is 6.43. The van der Waals surface area contributed by atoms with E-state index in [9.17, 15) is 13.2 Å². The highest BCUT2D eigenvalue weighted by Gasteiger charge is 2.52. The summed E-state index contributed by atoms with van der Waals surface area (Å²) in [6.45, 7) is 0. The molecule has 2 heterocycles. The third-order valence-corrected chi connectivity index (χ3v) is 4.17. The molecule has 0 aromatic heterocycles. The van der Waals surface area contributed by atoms with Crippen molar-refractivity contribution in [3.05, 3.63) is 35.6 Å². The number of fused-ring (bicyclic) bond motifs is 2. The van der Waals surface area contributed by atoms with Crippen LogP contribution in [0.3, 0.4) is 0 Å². The molecule has 0 spiro atoms. The summed E-state index contributed by atoms with van der Waals surface area (Å²) >= 11 is 0. The van der Waals surface area contributed by atoms with E-state index in [2.05, 4.69) is 5.32 Å². The molecule has 1 N–H and O–H groups in total. The average Bonchev–Trinajstić information content (AvgIpc) is 2.68. The highest BCUT2D eigenvalue weighted by molar-refractivity contribution is 5.19. The van der Waals surface area contributed by atoms with Gasteiger partial charge in [-0.2, -0.15) is 0 Å². The number of alkyl halides is 2. The summed E-state index contributed by atoms with van der Waals surface area (Å²) in [7, 11) is 0. The van der Waals surface area contributed by atoms with Gasteiger partial charge < -0.3 is 5.32 Å². The highest BCUT2D eigenvalue weighted by Crippen LogP contribution is 2.43. The minimum atomic E-state index is -2.64. The molecule has 4 heteroatoms. The number of nitrogens with one attached hydrogen (secondary N) is 1. The van der Waals surface area contributed by atoms with Crippen molar-refractivity contribution >= 4 is 0 Å². The largest absolute Gasteiger partial charge is 0.310 e. The number of benzene rings is 1. The Balaban J connectivity index is 1.82. The van der Waals surface area contributed by atoms with Gasteiger partial charge in [-0.25, -0.2) is 13.2 Å². The fourth-order valence-corrected chi connectivity index (χ4v) is 3.31. The first kappa shape index (κ1) is 12.0. The van der Waals surface area contributed by atoms with Gasteiger partial charge in [-0.05, 0) is 37.0 Å². The van der Waals surface area contributed by atoms with Gasteiger partial charge in [0.25, 0.3) is 5.92 Å². The van der Waals surface area contributed by atoms with Gasteiger partial charge in [-0.1, -0.05) is 12.1 Å². The molecule has 98 valence electrons. The zero-order valence-electron chi connectivity index (χ0n) is 10.0. The maximum absolute atomic E-state index is 14.1. The summed E-state index contributed by atoms with van der Waals surface area (Å²) in [4.78, 5) is 0. The molecule has 3 rings (SSSR count). The van der Waals surface area contributed by atoms with Gasteiger partial charge in [0.05, 0.1) is 0 Å². The summed E-state index contributed by atoms with van der Waals surface area (Å²) in [5, 5.41) is 3.26. The van der Waals surface area contributed by atoms with Crippen LogP contribution in [0.5, 0.6) is 0 Å². The Bertz CT molecular complexity index is 446. The minimum absolute atomic E-state index is 0.0336. The summed E-state index contributed by atoms with van der Waals surface area (Å²) in [6.07, 6.45) is 1.80. The Kier molecular flexibility index (Phi) is 2.85. The first-order valence-electron chi connectivity index (χ1n) is 6.43. The van der Waals surface area contributed by atoms with E-state index in [4.69, 9.17) is 0 Å². The van der Waals surface area contributed by atoms with Crippen molar-refractivity contribution in [3.63, 3.8) is 0 Å². The third-order valence-electron chi connectivity index (χ3n) is 4.17. The van der Waals surface area contributed by atoms with Gasteiger partial charge in [0.15, 0.2) is 0 Å². The average molecular weight is 255 g/mol. The molecule has 0 amide bonds. The summed E-state index contributed by atoms with van der Waals surface area (Å²) in [5.74, 6) is -3.70. The van der Waals surface area contributed by atoms with Crippen LogP contribution in [0, 0.1) is 11.7 Å². The van der Waals surface area contributed by atoms with Gasteiger partial charge in [0.1, 0.15) is 5.82 Å².